The molecule has 0 atom stereocenters. The third-order valence-electron chi connectivity index (χ3n) is 3.58. The molecule has 0 unspecified atom stereocenters. The molecule has 0 saturated heterocycles. The SMILES string of the molecule is CN1CCc2cc(NS(=O)(=O)c3ccc(F)cc3)ccc21. The Morgan fingerprint density at radius 1 is 1.14 bits per heavy atom. The molecule has 6 heteroatoms. The number of halogens is 1. The van der Waals surface area contributed by atoms with E-state index in [0.29, 0.717) is 5.69 Å². The first-order valence-corrected chi connectivity index (χ1v) is 8.06. The zero-order valence-electron chi connectivity index (χ0n) is 11.5. The normalized spacial score (nSPS) is 14.1. The Morgan fingerprint density at radius 2 is 1.86 bits per heavy atom. The number of sulfonamides is 1. The smallest absolute Gasteiger partial charge is 0.261 e. The second-order valence-electron chi connectivity index (χ2n) is 5.07. The van der Waals surface area contributed by atoms with Gasteiger partial charge in [-0.05, 0) is 54.4 Å². The standard InChI is InChI=1S/C15H15FN2O2S/c1-18-9-8-11-10-13(4-7-15(11)18)17-21(19,20)14-5-2-12(16)3-6-14/h2-7,10,17H,8-9H2,1H3. The lowest BCUT2D eigenvalue weighted by atomic mass is 10.1. The van der Waals surface area contributed by atoms with Crippen LogP contribution in [0.2, 0.25) is 0 Å². The minimum absolute atomic E-state index is 0.0431. The Morgan fingerprint density at radius 3 is 2.57 bits per heavy atom. The zero-order valence-corrected chi connectivity index (χ0v) is 12.3. The van der Waals surface area contributed by atoms with Gasteiger partial charge in [0.2, 0.25) is 0 Å². The predicted octanol–water partition coefficient (Wildman–Crippen LogP) is 2.62. The summed E-state index contributed by atoms with van der Waals surface area (Å²) in [4.78, 5) is 2.18. The van der Waals surface area contributed by atoms with Crippen LogP contribution in [0, 0.1) is 5.82 Å². The van der Waals surface area contributed by atoms with Crippen LogP contribution in [0.3, 0.4) is 0 Å². The van der Waals surface area contributed by atoms with E-state index in [1.54, 1.807) is 6.07 Å². The number of hydrogen-bond donors (Lipinski definition) is 1. The molecular formula is C15H15FN2O2S. The molecule has 1 heterocycles. The molecule has 2 aromatic rings. The lowest BCUT2D eigenvalue weighted by Gasteiger charge is -2.13. The molecule has 1 aliphatic heterocycles. The molecule has 3 rings (SSSR count). The fourth-order valence-electron chi connectivity index (χ4n) is 2.46. The first-order chi connectivity index (χ1) is 9.95. The number of nitrogens with one attached hydrogen (secondary N) is 1. The van der Waals surface area contributed by atoms with Gasteiger partial charge in [-0.15, -0.1) is 0 Å². The molecule has 1 N–H and O–H groups in total. The molecule has 0 aromatic heterocycles. The van der Waals surface area contributed by atoms with Crippen molar-refractivity contribution in [2.75, 3.05) is 23.2 Å². The summed E-state index contributed by atoms with van der Waals surface area (Å²) in [5.74, 6) is -0.463. The molecular weight excluding hydrogens is 291 g/mol. The fourth-order valence-corrected chi connectivity index (χ4v) is 3.51. The highest BCUT2D eigenvalue weighted by atomic mass is 32.2. The molecule has 0 spiro atoms. The second-order valence-corrected chi connectivity index (χ2v) is 6.76. The molecule has 110 valence electrons. The number of benzene rings is 2. The first kappa shape index (κ1) is 13.9. The molecule has 0 saturated carbocycles. The van der Waals surface area contributed by atoms with Crippen LogP contribution in [0.15, 0.2) is 47.4 Å². The van der Waals surface area contributed by atoms with Crippen LogP contribution >= 0.6 is 0 Å². The summed E-state index contributed by atoms with van der Waals surface area (Å²) >= 11 is 0. The van der Waals surface area contributed by atoms with Gasteiger partial charge in [0.15, 0.2) is 0 Å². The molecule has 4 nitrogen and oxygen atoms in total. The minimum Gasteiger partial charge on any atom is -0.374 e. The molecule has 0 radical (unpaired) electrons. The number of likely N-dealkylation sites (N-methyl/N-ethyl adjacent to an activating group) is 1. The summed E-state index contributed by atoms with van der Waals surface area (Å²) in [6.45, 7) is 0.934. The average Bonchev–Trinajstić information content (AvgIpc) is 2.80. The van der Waals surface area contributed by atoms with Gasteiger partial charge in [-0.1, -0.05) is 0 Å². The van der Waals surface area contributed by atoms with E-state index in [0.717, 1.165) is 36.3 Å². The molecule has 21 heavy (non-hydrogen) atoms. The highest BCUT2D eigenvalue weighted by molar-refractivity contribution is 7.92. The average molecular weight is 306 g/mol. The van der Waals surface area contributed by atoms with Crippen molar-refractivity contribution >= 4 is 21.4 Å². The summed E-state index contributed by atoms with van der Waals surface area (Å²) in [6, 6.07) is 10.3. The van der Waals surface area contributed by atoms with Gasteiger partial charge in [-0.3, -0.25) is 4.72 Å². The molecule has 2 aromatic carbocycles. The van der Waals surface area contributed by atoms with Crippen molar-refractivity contribution in [1.29, 1.82) is 0 Å². The Labute approximate surface area is 123 Å². The van der Waals surface area contributed by atoms with Gasteiger partial charge in [-0.2, -0.15) is 0 Å². The van der Waals surface area contributed by atoms with Gasteiger partial charge >= 0.3 is 0 Å². The zero-order chi connectivity index (χ0) is 15.0. The van der Waals surface area contributed by atoms with Gasteiger partial charge in [0.1, 0.15) is 5.82 Å². The van der Waals surface area contributed by atoms with E-state index < -0.39 is 15.8 Å². The number of nitrogens with zero attached hydrogens (tertiary/aromatic N) is 1. The van der Waals surface area contributed by atoms with E-state index in [4.69, 9.17) is 0 Å². The van der Waals surface area contributed by atoms with Crippen LogP contribution in [0.1, 0.15) is 5.56 Å². The van der Waals surface area contributed by atoms with E-state index >= 15 is 0 Å². The van der Waals surface area contributed by atoms with Gasteiger partial charge < -0.3 is 4.90 Å². The number of anilines is 2. The summed E-state index contributed by atoms with van der Waals surface area (Å²) in [7, 11) is -1.68. The Bertz CT molecular complexity index is 773. The fraction of sp³-hybridized carbons (Fsp3) is 0.200. The molecule has 1 aliphatic rings. The van der Waals surface area contributed by atoms with Gasteiger partial charge in [0.05, 0.1) is 4.90 Å². The number of rotatable bonds is 3. The van der Waals surface area contributed by atoms with Crippen molar-refractivity contribution in [2.45, 2.75) is 11.3 Å². The second kappa shape index (κ2) is 5.04. The molecule has 0 amide bonds. The summed E-state index contributed by atoms with van der Waals surface area (Å²) in [5, 5.41) is 0. The van der Waals surface area contributed by atoms with E-state index in [9.17, 15) is 12.8 Å². The number of fused-ring (bicyclic) bond motifs is 1. The van der Waals surface area contributed by atoms with E-state index in [1.807, 2.05) is 19.2 Å². The quantitative estimate of drug-likeness (QED) is 0.948. The largest absolute Gasteiger partial charge is 0.374 e. The van der Waals surface area contributed by atoms with E-state index in [2.05, 4.69) is 9.62 Å². The van der Waals surface area contributed by atoms with Gasteiger partial charge in [0, 0.05) is 25.0 Å². The summed E-state index contributed by atoms with van der Waals surface area (Å²) in [5.41, 5.74) is 2.77. The Hall–Kier alpha value is -2.08. The van der Waals surface area contributed by atoms with Crippen molar-refractivity contribution in [3.8, 4) is 0 Å². The van der Waals surface area contributed by atoms with Crippen LogP contribution in [-0.2, 0) is 16.4 Å². The van der Waals surface area contributed by atoms with Crippen molar-refractivity contribution in [3.63, 3.8) is 0 Å². The van der Waals surface area contributed by atoms with Crippen molar-refractivity contribution in [1.82, 2.24) is 0 Å². The molecule has 0 aliphatic carbocycles. The molecule has 0 fully saturated rings. The van der Waals surface area contributed by atoms with Gasteiger partial charge in [0.25, 0.3) is 10.0 Å². The van der Waals surface area contributed by atoms with Crippen molar-refractivity contribution < 1.29 is 12.8 Å². The van der Waals surface area contributed by atoms with Crippen LogP contribution in [-0.4, -0.2) is 22.0 Å². The molecule has 0 bridgehead atoms. The predicted molar refractivity (Wildman–Crippen MR) is 80.6 cm³/mol. The third kappa shape index (κ3) is 2.71. The maximum absolute atomic E-state index is 12.9. The van der Waals surface area contributed by atoms with Crippen LogP contribution in [0.25, 0.3) is 0 Å². The Balaban J connectivity index is 1.88. The van der Waals surface area contributed by atoms with Crippen LogP contribution in [0.4, 0.5) is 15.8 Å². The summed E-state index contributed by atoms with van der Waals surface area (Å²) in [6.07, 6.45) is 0.901. The number of hydrogen-bond acceptors (Lipinski definition) is 3. The highest BCUT2D eigenvalue weighted by Gasteiger charge is 2.18. The van der Waals surface area contributed by atoms with E-state index in [-0.39, 0.29) is 4.90 Å². The third-order valence-corrected chi connectivity index (χ3v) is 4.98. The lowest BCUT2D eigenvalue weighted by molar-refractivity contribution is 0.599. The summed E-state index contributed by atoms with van der Waals surface area (Å²) < 4.78 is 39.9. The van der Waals surface area contributed by atoms with Gasteiger partial charge in [-0.25, -0.2) is 12.8 Å². The van der Waals surface area contributed by atoms with E-state index in [1.165, 1.54) is 12.1 Å². The monoisotopic (exact) mass is 306 g/mol. The first-order valence-electron chi connectivity index (χ1n) is 6.58. The topological polar surface area (TPSA) is 49.4 Å². The maximum Gasteiger partial charge on any atom is 0.261 e. The maximum atomic E-state index is 12.9. The van der Waals surface area contributed by atoms with Crippen molar-refractivity contribution in [2.24, 2.45) is 0 Å². The lowest BCUT2D eigenvalue weighted by Crippen LogP contribution is -2.13. The highest BCUT2D eigenvalue weighted by Crippen LogP contribution is 2.30. The van der Waals surface area contributed by atoms with Crippen LogP contribution in [0.5, 0.6) is 0 Å². The minimum atomic E-state index is -3.69. The van der Waals surface area contributed by atoms with Crippen molar-refractivity contribution in [3.05, 3.63) is 53.8 Å². The Kier molecular flexibility index (Phi) is 3.33. The van der Waals surface area contributed by atoms with Crippen LogP contribution < -0.4 is 9.62 Å².